The van der Waals surface area contributed by atoms with Gasteiger partial charge >= 0.3 is 0 Å². The molecule has 18 heavy (non-hydrogen) atoms. The SMILES string of the molecule is CCCN(CC)c1ncc(CN)c2ccccc12. The summed E-state index contributed by atoms with van der Waals surface area (Å²) >= 11 is 0. The Morgan fingerprint density at radius 3 is 2.50 bits per heavy atom. The van der Waals surface area contributed by atoms with E-state index in [1.54, 1.807) is 0 Å². The molecule has 0 aliphatic heterocycles. The van der Waals surface area contributed by atoms with Gasteiger partial charge in [0.25, 0.3) is 0 Å². The Morgan fingerprint density at radius 1 is 1.17 bits per heavy atom. The van der Waals surface area contributed by atoms with Crippen LogP contribution in [0, 0.1) is 0 Å². The topological polar surface area (TPSA) is 42.2 Å². The van der Waals surface area contributed by atoms with Crippen molar-refractivity contribution < 1.29 is 0 Å². The highest BCUT2D eigenvalue weighted by atomic mass is 15.2. The fraction of sp³-hybridized carbons (Fsp3) is 0.400. The van der Waals surface area contributed by atoms with E-state index in [0.717, 1.165) is 30.9 Å². The van der Waals surface area contributed by atoms with E-state index in [1.807, 2.05) is 6.20 Å². The molecule has 1 aromatic heterocycles. The molecule has 1 aromatic carbocycles. The van der Waals surface area contributed by atoms with Crippen LogP contribution < -0.4 is 10.6 Å². The largest absolute Gasteiger partial charge is 0.356 e. The first-order chi connectivity index (χ1) is 8.81. The lowest BCUT2D eigenvalue weighted by atomic mass is 10.1. The van der Waals surface area contributed by atoms with Gasteiger partial charge in [-0.05, 0) is 24.3 Å². The summed E-state index contributed by atoms with van der Waals surface area (Å²) in [5, 5.41) is 2.43. The molecule has 2 aromatic rings. The van der Waals surface area contributed by atoms with Crippen LogP contribution in [-0.4, -0.2) is 18.1 Å². The number of benzene rings is 1. The number of rotatable bonds is 5. The monoisotopic (exact) mass is 243 g/mol. The maximum absolute atomic E-state index is 5.78. The number of anilines is 1. The fourth-order valence-electron chi connectivity index (χ4n) is 2.33. The van der Waals surface area contributed by atoms with Gasteiger partial charge in [0.05, 0.1) is 0 Å². The van der Waals surface area contributed by atoms with Crippen LogP contribution in [0.15, 0.2) is 30.5 Å². The molecule has 0 saturated heterocycles. The lowest BCUT2D eigenvalue weighted by molar-refractivity contribution is 0.782. The number of pyridine rings is 1. The molecule has 0 radical (unpaired) electrons. The minimum absolute atomic E-state index is 0.535. The lowest BCUT2D eigenvalue weighted by Gasteiger charge is -2.23. The average Bonchev–Trinajstić information content (AvgIpc) is 2.44. The summed E-state index contributed by atoms with van der Waals surface area (Å²) < 4.78 is 0. The van der Waals surface area contributed by atoms with Crippen LogP contribution in [0.2, 0.25) is 0 Å². The molecule has 0 bridgehead atoms. The molecule has 3 heteroatoms. The van der Waals surface area contributed by atoms with Crippen molar-refractivity contribution >= 4 is 16.6 Å². The molecule has 2 N–H and O–H groups in total. The molecule has 1 heterocycles. The van der Waals surface area contributed by atoms with Gasteiger partial charge in [-0.1, -0.05) is 31.2 Å². The zero-order chi connectivity index (χ0) is 13.0. The number of nitrogens with zero attached hydrogens (tertiary/aromatic N) is 2. The van der Waals surface area contributed by atoms with E-state index in [2.05, 4.69) is 48.0 Å². The minimum atomic E-state index is 0.535. The van der Waals surface area contributed by atoms with Crippen molar-refractivity contribution in [2.75, 3.05) is 18.0 Å². The predicted molar refractivity (Wildman–Crippen MR) is 77.8 cm³/mol. The van der Waals surface area contributed by atoms with Gasteiger partial charge in [0.1, 0.15) is 5.82 Å². The van der Waals surface area contributed by atoms with Gasteiger partial charge in [-0.25, -0.2) is 4.98 Å². The molecule has 96 valence electrons. The maximum Gasteiger partial charge on any atom is 0.136 e. The standard InChI is InChI=1S/C15H21N3/c1-3-9-18(4-2)15-14-8-6-5-7-13(14)12(10-16)11-17-15/h5-8,11H,3-4,9-10,16H2,1-2H3. The second-order valence-corrected chi connectivity index (χ2v) is 4.44. The summed E-state index contributed by atoms with van der Waals surface area (Å²) in [7, 11) is 0. The van der Waals surface area contributed by atoms with E-state index in [4.69, 9.17) is 5.73 Å². The van der Waals surface area contributed by atoms with Crippen molar-refractivity contribution in [2.24, 2.45) is 5.73 Å². The number of hydrogen-bond donors (Lipinski definition) is 1. The lowest BCUT2D eigenvalue weighted by Crippen LogP contribution is -2.24. The van der Waals surface area contributed by atoms with Crippen molar-refractivity contribution in [3.63, 3.8) is 0 Å². The van der Waals surface area contributed by atoms with Crippen molar-refractivity contribution in [3.05, 3.63) is 36.0 Å². The van der Waals surface area contributed by atoms with Crippen LogP contribution in [0.5, 0.6) is 0 Å². The van der Waals surface area contributed by atoms with E-state index >= 15 is 0 Å². The Balaban J connectivity index is 2.58. The smallest absolute Gasteiger partial charge is 0.136 e. The van der Waals surface area contributed by atoms with Crippen LogP contribution in [0.1, 0.15) is 25.8 Å². The van der Waals surface area contributed by atoms with Crippen molar-refractivity contribution in [3.8, 4) is 0 Å². The molecule has 3 nitrogen and oxygen atoms in total. The molecule has 0 aliphatic carbocycles. The maximum atomic E-state index is 5.78. The van der Waals surface area contributed by atoms with Gasteiger partial charge in [-0.3, -0.25) is 0 Å². The molecule has 0 amide bonds. The Bertz CT molecular complexity index is 522. The van der Waals surface area contributed by atoms with Crippen LogP contribution in [0.4, 0.5) is 5.82 Å². The van der Waals surface area contributed by atoms with Crippen molar-refractivity contribution in [1.82, 2.24) is 4.98 Å². The van der Waals surface area contributed by atoms with Crippen LogP contribution in [-0.2, 0) is 6.54 Å². The number of fused-ring (bicyclic) bond motifs is 1. The van der Waals surface area contributed by atoms with Crippen LogP contribution in [0.25, 0.3) is 10.8 Å². The predicted octanol–water partition coefficient (Wildman–Crippen LogP) is 2.93. The van der Waals surface area contributed by atoms with E-state index in [9.17, 15) is 0 Å². The highest BCUT2D eigenvalue weighted by Gasteiger charge is 2.11. The Kier molecular flexibility index (Phi) is 4.15. The Hall–Kier alpha value is -1.61. The summed E-state index contributed by atoms with van der Waals surface area (Å²) in [5.41, 5.74) is 6.89. The van der Waals surface area contributed by atoms with Crippen LogP contribution >= 0.6 is 0 Å². The number of hydrogen-bond acceptors (Lipinski definition) is 3. The van der Waals surface area contributed by atoms with Gasteiger partial charge < -0.3 is 10.6 Å². The first kappa shape index (κ1) is 12.8. The molecular weight excluding hydrogens is 222 g/mol. The summed E-state index contributed by atoms with van der Waals surface area (Å²) in [6, 6.07) is 8.38. The summed E-state index contributed by atoms with van der Waals surface area (Å²) in [4.78, 5) is 6.94. The summed E-state index contributed by atoms with van der Waals surface area (Å²) in [6.07, 6.45) is 3.04. The second-order valence-electron chi connectivity index (χ2n) is 4.44. The quantitative estimate of drug-likeness (QED) is 0.878. The van der Waals surface area contributed by atoms with Crippen molar-refractivity contribution in [1.29, 1.82) is 0 Å². The van der Waals surface area contributed by atoms with Gasteiger partial charge in [-0.2, -0.15) is 0 Å². The van der Waals surface area contributed by atoms with Crippen molar-refractivity contribution in [2.45, 2.75) is 26.8 Å². The normalized spacial score (nSPS) is 10.8. The summed E-state index contributed by atoms with van der Waals surface area (Å²) in [6.45, 7) is 6.91. The number of nitrogens with two attached hydrogens (primary N) is 1. The van der Waals surface area contributed by atoms with E-state index in [1.165, 1.54) is 10.8 Å². The van der Waals surface area contributed by atoms with E-state index < -0.39 is 0 Å². The van der Waals surface area contributed by atoms with Gasteiger partial charge in [0.2, 0.25) is 0 Å². The Morgan fingerprint density at radius 2 is 1.89 bits per heavy atom. The molecule has 0 saturated carbocycles. The molecule has 0 fully saturated rings. The third-order valence-corrected chi connectivity index (χ3v) is 3.25. The first-order valence-electron chi connectivity index (χ1n) is 6.63. The molecule has 0 spiro atoms. The average molecular weight is 243 g/mol. The molecule has 2 rings (SSSR count). The zero-order valence-corrected chi connectivity index (χ0v) is 11.2. The highest BCUT2D eigenvalue weighted by Crippen LogP contribution is 2.27. The van der Waals surface area contributed by atoms with E-state index in [-0.39, 0.29) is 0 Å². The Labute approximate surface area is 109 Å². The molecule has 0 unspecified atom stereocenters. The zero-order valence-electron chi connectivity index (χ0n) is 11.2. The molecular formula is C15H21N3. The first-order valence-corrected chi connectivity index (χ1v) is 6.63. The van der Waals surface area contributed by atoms with Gasteiger partial charge in [0, 0.05) is 31.2 Å². The minimum Gasteiger partial charge on any atom is -0.356 e. The van der Waals surface area contributed by atoms with E-state index in [0.29, 0.717) is 6.54 Å². The number of aromatic nitrogens is 1. The molecule has 0 aliphatic rings. The third-order valence-electron chi connectivity index (χ3n) is 3.25. The molecule has 0 atom stereocenters. The van der Waals surface area contributed by atoms with Crippen LogP contribution in [0.3, 0.4) is 0 Å². The second kappa shape index (κ2) is 5.83. The van der Waals surface area contributed by atoms with Gasteiger partial charge in [0.15, 0.2) is 0 Å². The highest BCUT2D eigenvalue weighted by molar-refractivity contribution is 5.94. The third kappa shape index (κ3) is 2.31. The fourth-order valence-corrected chi connectivity index (χ4v) is 2.33. The summed E-state index contributed by atoms with van der Waals surface area (Å²) in [5.74, 6) is 1.08. The van der Waals surface area contributed by atoms with Gasteiger partial charge in [-0.15, -0.1) is 0 Å².